The van der Waals surface area contributed by atoms with Crippen molar-refractivity contribution in [2.24, 2.45) is 0 Å². The molecule has 0 fully saturated rings. The minimum Gasteiger partial charge on any atom is -0.465 e. The van der Waals surface area contributed by atoms with E-state index in [1.54, 1.807) is 24.4 Å². The van der Waals surface area contributed by atoms with E-state index in [1.807, 2.05) is 12.1 Å². The van der Waals surface area contributed by atoms with E-state index in [0.29, 0.717) is 17.6 Å². The highest BCUT2D eigenvalue weighted by Gasteiger charge is 2.07. The zero-order chi connectivity index (χ0) is 15.9. The van der Waals surface area contributed by atoms with Crippen LogP contribution in [0, 0.1) is 0 Å². The van der Waals surface area contributed by atoms with Gasteiger partial charge in [0.25, 0.3) is 0 Å². The van der Waals surface area contributed by atoms with Gasteiger partial charge in [0.05, 0.1) is 12.7 Å². The molecule has 1 heterocycles. The number of rotatable bonds is 6. The maximum atomic E-state index is 11.5. The summed E-state index contributed by atoms with van der Waals surface area (Å²) >= 11 is 0. The fourth-order valence-corrected chi connectivity index (χ4v) is 1.82. The second kappa shape index (κ2) is 7.40. The van der Waals surface area contributed by atoms with E-state index in [0.717, 1.165) is 17.9 Å². The summed E-state index contributed by atoms with van der Waals surface area (Å²) in [4.78, 5) is 20.1. The monoisotopic (exact) mass is 300 g/mol. The molecule has 1 aromatic carbocycles. The molecule has 1 unspecified atom stereocenters. The highest BCUT2D eigenvalue weighted by molar-refractivity contribution is 5.90. The predicted molar refractivity (Wildman–Crippen MR) is 86.5 cm³/mol. The van der Waals surface area contributed by atoms with Crippen LogP contribution in [0.4, 0.5) is 17.5 Å². The Labute approximate surface area is 129 Å². The second-order valence-electron chi connectivity index (χ2n) is 4.92. The van der Waals surface area contributed by atoms with E-state index in [2.05, 4.69) is 34.4 Å². The van der Waals surface area contributed by atoms with Gasteiger partial charge in [0.2, 0.25) is 5.95 Å². The van der Waals surface area contributed by atoms with E-state index < -0.39 is 0 Å². The molecule has 0 saturated heterocycles. The Bertz CT molecular complexity index is 646. The molecule has 0 spiro atoms. The van der Waals surface area contributed by atoms with Crippen LogP contribution in [-0.4, -0.2) is 29.1 Å². The average molecular weight is 300 g/mol. The smallest absolute Gasteiger partial charge is 0.337 e. The van der Waals surface area contributed by atoms with Crippen molar-refractivity contribution in [2.75, 3.05) is 17.7 Å². The second-order valence-corrected chi connectivity index (χ2v) is 4.92. The first-order chi connectivity index (χ1) is 10.6. The summed E-state index contributed by atoms with van der Waals surface area (Å²) in [5.74, 6) is 0.850. The van der Waals surface area contributed by atoms with Crippen LogP contribution < -0.4 is 10.6 Å². The minimum atomic E-state index is -0.378. The van der Waals surface area contributed by atoms with E-state index in [4.69, 9.17) is 4.74 Å². The summed E-state index contributed by atoms with van der Waals surface area (Å²) in [5.41, 5.74) is 1.20. The first-order valence-corrected chi connectivity index (χ1v) is 7.17. The van der Waals surface area contributed by atoms with Crippen LogP contribution in [0.15, 0.2) is 36.5 Å². The molecular weight excluding hydrogens is 280 g/mol. The molecule has 6 nitrogen and oxygen atoms in total. The van der Waals surface area contributed by atoms with Crippen LogP contribution >= 0.6 is 0 Å². The van der Waals surface area contributed by atoms with Crippen LogP contribution in [0.3, 0.4) is 0 Å². The maximum Gasteiger partial charge on any atom is 0.337 e. The number of benzene rings is 1. The SMILES string of the molecule is CCC(C)Nc1ccnc(Nc2cccc(C(=O)OC)c2)n1. The standard InChI is InChI=1S/C16H20N4O2/c1-4-11(2)18-14-8-9-17-16(20-14)19-13-7-5-6-12(10-13)15(21)22-3/h5-11H,4H2,1-3H3,(H2,17,18,19,20). The van der Waals surface area contributed by atoms with Crippen molar-refractivity contribution in [3.63, 3.8) is 0 Å². The van der Waals surface area contributed by atoms with E-state index in [-0.39, 0.29) is 5.97 Å². The Morgan fingerprint density at radius 2 is 2.18 bits per heavy atom. The fourth-order valence-electron chi connectivity index (χ4n) is 1.82. The molecule has 0 amide bonds. The van der Waals surface area contributed by atoms with Crippen molar-refractivity contribution >= 4 is 23.4 Å². The summed E-state index contributed by atoms with van der Waals surface area (Å²) in [5, 5.41) is 6.38. The Hall–Kier alpha value is -2.63. The van der Waals surface area contributed by atoms with Crippen molar-refractivity contribution in [1.29, 1.82) is 0 Å². The molecule has 22 heavy (non-hydrogen) atoms. The number of carbonyl (C=O) groups is 1. The lowest BCUT2D eigenvalue weighted by Crippen LogP contribution is -2.15. The number of ether oxygens (including phenoxy) is 1. The summed E-state index contributed by atoms with van der Waals surface area (Å²) in [6.45, 7) is 4.20. The Balaban J connectivity index is 2.13. The highest BCUT2D eigenvalue weighted by Crippen LogP contribution is 2.16. The van der Waals surface area contributed by atoms with Gasteiger partial charge in [-0.2, -0.15) is 4.98 Å². The van der Waals surface area contributed by atoms with Gasteiger partial charge in [-0.15, -0.1) is 0 Å². The largest absolute Gasteiger partial charge is 0.465 e. The van der Waals surface area contributed by atoms with Crippen LogP contribution in [-0.2, 0) is 4.74 Å². The van der Waals surface area contributed by atoms with Gasteiger partial charge in [-0.1, -0.05) is 13.0 Å². The van der Waals surface area contributed by atoms with Gasteiger partial charge in [-0.05, 0) is 37.6 Å². The van der Waals surface area contributed by atoms with Gasteiger partial charge in [0.15, 0.2) is 0 Å². The molecular formula is C16H20N4O2. The molecule has 1 aromatic heterocycles. The third-order valence-electron chi connectivity index (χ3n) is 3.20. The van der Waals surface area contributed by atoms with Gasteiger partial charge in [-0.25, -0.2) is 9.78 Å². The van der Waals surface area contributed by atoms with Crippen molar-refractivity contribution in [3.8, 4) is 0 Å². The van der Waals surface area contributed by atoms with Crippen LogP contribution in [0.2, 0.25) is 0 Å². The molecule has 6 heteroatoms. The molecule has 2 rings (SSSR count). The number of methoxy groups -OCH3 is 1. The molecule has 0 aliphatic rings. The van der Waals surface area contributed by atoms with E-state index >= 15 is 0 Å². The summed E-state index contributed by atoms with van der Waals surface area (Å²) in [6.07, 6.45) is 2.69. The predicted octanol–water partition coefficient (Wildman–Crippen LogP) is 3.22. The number of aromatic nitrogens is 2. The number of nitrogens with zero attached hydrogens (tertiary/aromatic N) is 2. The topological polar surface area (TPSA) is 76.1 Å². The van der Waals surface area contributed by atoms with Gasteiger partial charge in [0, 0.05) is 17.9 Å². The molecule has 1 atom stereocenters. The van der Waals surface area contributed by atoms with Crippen molar-refractivity contribution in [1.82, 2.24) is 9.97 Å². The molecule has 116 valence electrons. The molecule has 0 aliphatic heterocycles. The fraction of sp³-hybridized carbons (Fsp3) is 0.312. The minimum absolute atomic E-state index is 0.338. The number of hydrogen-bond donors (Lipinski definition) is 2. The molecule has 2 aromatic rings. The molecule has 0 saturated carbocycles. The lowest BCUT2D eigenvalue weighted by molar-refractivity contribution is 0.0601. The molecule has 0 bridgehead atoms. The summed E-state index contributed by atoms with van der Waals surface area (Å²) in [6, 6.07) is 9.16. The highest BCUT2D eigenvalue weighted by atomic mass is 16.5. The Morgan fingerprint density at radius 1 is 1.36 bits per heavy atom. The molecule has 2 N–H and O–H groups in total. The van der Waals surface area contributed by atoms with Crippen molar-refractivity contribution in [3.05, 3.63) is 42.1 Å². The molecule has 0 radical (unpaired) electrons. The number of carbonyl (C=O) groups excluding carboxylic acids is 1. The number of esters is 1. The van der Waals surface area contributed by atoms with Gasteiger partial charge in [-0.3, -0.25) is 0 Å². The summed E-state index contributed by atoms with van der Waals surface area (Å²) in [7, 11) is 1.36. The van der Waals surface area contributed by atoms with E-state index in [1.165, 1.54) is 7.11 Å². The molecule has 0 aliphatic carbocycles. The van der Waals surface area contributed by atoms with Crippen LogP contribution in [0.5, 0.6) is 0 Å². The normalized spacial score (nSPS) is 11.6. The Morgan fingerprint density at radius 3 is 2.91 bits per heavy atom. The zero-order valence-corrected chi connectivity index (χ0v) is 13.0. The van der Waals surface area contributed by atoms with Crippen LogP contribution in [0.25, 0.3) is 0 Å². The van der Waals surface area contributed by atoms with Gasteiger partial charge in [0.1, 0.15) is 5.82 Å². The third-order valence-corrected chi connectivity index (χ3v) is 3.20. The first-order valence-electron chi connectivity index (χ1n) is 7.17. The lowest BCUT2D eigenvalue weighted by Gasteiger charge is -2.13. The Kier molecular flexibility index (Phi) is 5.30. The lowest BCUT2D eigenvalue weighted by atomic mass is 10.2. The first kappa shape index (κ1) is 15.8. The van der Waals surface area contributed by atoms with Crippen molar-refractivity contribution in [2.45, 2.75) is 26.3 Å². The van der Waals surface area contributed by atoms with E-state index in [9.17, 15) is 4.79 Å². The quantitative estimate of drug-likeness (QED) is 0.798. The summed E-state index contributed by atoms with van der Waals surface area (Å²) < 4.78 is 4.71. The average Bonchev–Trinajstić information content (AvgIpc) is 2.54. The van der Waals surface area contributed by atoms with Crippen LogP contribution in [0.1, 0.15) is 30.6 Å². The third kappa shape index (κ3) is 4.18. The number of anilines is 3. The maximum absolute atomic E-state index is 11.5. The number of hydrogen-bond acceptors (Lipinski definition) is 6. The van der Waals surface area contributed by atoms with Gasteiger partial charge < -0.3 is 15.4 Å². The zero-order valence-electron chi connectivity index (χ0n) is 13.0. The number of nitrogens with one attached hydrogen (secondary N) is 2. The van der Waals surface area contributed by atoms with Crippen molar-refractivity contribution < 1.29 is 9.53 Å². The van der Waals surface area contributed by atoms with Gasteiger partial charge >= 0.3 is 5.97 Å².